The van der Waals surface area contributed by atoms with Gasteiger partial charge in [-0.05, 0) is 39.1 Å². The minimum Gasteiger partial charge on any atom is -0.492 e. The zero-order valence-electron chi connectivity index (χ0n) is 13.5. The topological polar surface area (TPSA) is 67.6 Å². The van der Waals surface area contributed by atoms with Crippen LogP contribution < -0.4 is 15.8 Å². The first-order valence-corrected chi connectivity index (χ1v) is 7.39. The van der Waals surface area contributed by atoms with E-state index >= 15 is 0 Å². The lowest BCUT2D eigenvalue weighted by molar-refractivity contribution is -0.121. The van der Waals surface area contributed by atoms with Gasteiger partial charge in [-0.15, -0.1) is 0 Å². The van der Waals surface area contributed by atoms with Gasteiger partial charge in [0.15, 0.2) is 0 Å². The highest BCUT2D eigenvalue weighted by atomic mass is 16.5. The molecule has 1 aromatic rings. The second kappa shape index (κ2) is 8.00. The predicted octanol–water partition coefficient (Wildman–Crippen LogP) is 2.08. The van der Waals surface area contributed by atoms with Crippen molar-refractivity contribution in [3.8, 4) is 5.75 Å². The number of amides is 1. The van der Waals surface area contributed by atoms with E-state index in [1.807, 2.05) is 52.2 Å². The monoisotopic (exact) mass is 293 g/mol. The Morgan fingerprint density at radius 2 is 2.00 bits per heavy atom. The number of nitrogens with zero attached hydrogens (tertiary/aromatic N) is 1. The van der Waals surface area contributed by atoms with Gasteiger partial charge in [-0.25, -0.2) is 0 Å². The summed E-state index contributed by atoms with van der Waals surface area (Å²) in [5.74, 6) is 0.586. The quantitative estimate of drug-likeness (QED) is 0.770. The molecule has 0 aliphatic rings. The van der Waals surface area contributed by atoms with Crippen molar-refractivity contribution in [3.05, 3.63) is 24.3 Å². The predicted molar refractivity (Wildman–Crippen MR) is 86.6 cm³/mol. The summed E-state index contributed by atoms with van der Waals surface area (Å²) in [5, 5.41) is 2.87. The van der Waals surface area contributed by atoms with E-state index in [9.17, 15) is 4.79 Å². The van der Waals surface area contributed by atoms with Crippen molar-refractivity contribution in [3.63, 3.8) is 0 Å². The Labute approximate surface area is 127 Å². The smallest absolute Gasteiger partial charge is 0.244 e. The van der Waals surface area contributed by atoms with Crippen molar-refractivity contribution in [2.75, 3.05) is 32.6 Å². The summed E-state index contributed by atoms with van der Waals surface area (Å²) < 4.78 is 5.65. The summed E-state index contributed by atoms with van der Waals surface area (Å²) >= 11 is 0. The molecule has 0 bridgehead atoms. The average Bonchev–Trinajstić information content (AvgIpc) is 2.46. The van der Waals surface area contributed by atoms with Crippen LogP contribution in [0.4, 0.5) is 5.69 Å². The molecule has 118 valence electrons. The lowest BCUT2D eigenvalue weighted by Gasteiger charge is -2.25. The van der Waals surface area contributed by atoms with Gasteiger partial charge in [0, 0.05) is 18.3 Å². The number of rotatable bonds is 8. The second-order valence-electron chi connectivity index (χ2n) is 5.50. The van der Waals surface area contributed by atoms with Crippen LogP contribution in [-0.4, -0.2) is 43.6 Å². The largest absolute Gasteiger partial charge is 0.492 e. The third-order valence-electron chi connectivity index (χ3n) is 3.61. The Morgan fingerprint density at radius 1 is 1.33 bits per heavy atom. The molecule has 0 unspecified atom stereocenters. The van der Waals surface area contributed by atoms with Gasteiger partial charge in [-0.1, -0.05) is 19.9 Å². The normalized spacial score (nSPS) is 11.5. The van der Waals surface area contributed by atoms with E-state index in [0.29, 0.717) is 25.1 Å². The Morgan fingerprint density at radius 3 is 2.57 bits per heavy atom. The first-order chi connectivity index (χ1) is 9.91. The summed E-state index contributed by atoms with van der Waals surface area (Å²) in [6.45, 7) is 5.29. The van der Waals surface area contributed by atoms with Gasteiger partial charge in [0.1, 0.15) is 12.4 Å². The molecule has 0 aliphatic heterocycles. The fourth-order valence-electron chi connectivity index (χ4n) is 1.84. The number of carbonyl (C=O) groups excluding carboxylic acids is 1. The maximum Gasteiger partial charge on any atom is 0.244 e. The summed E-state index contributed by atoms with van der Waals surface area (Å²) in [5.41, 5.74) is 5.98. The van der Waals surface area contributed by atoms with Gasteiger partial charge >= 0.3 is 0 Å². The van der Waals surface area contributed by atoms with Crippen LogP contribution in [0.1, 0.15) is 26.7 Å². The number of anilines is 1. The van der Waals surface area contributed by atoms with Crippen molar-refractivity contribution in [1.82, 2.24) is 4.90 Å². The minimum atomic E-state index is -0.818. The van der Waals surface area contributed by atoms with Gasteiger partial charge in [-0.3, -0.25) is 4.79 Å². The number of hydrogen-bond acceptors (Lipinski definition) is 4. The van der Waals surface area contributed by atoms with Crippen LogP contribution in [0.5, 0.6) is 5.75 Å². The Hall–Kier alpha value is -1.59. The number of ether oxygens (including phenoxy) is 1. The summed E-state index contributed by atoms with van der Waals surface area (Å²) in [6.07, 6.45) is 1.21. The number of likely N-dealkylation sites (N-methyl/N-ethyl adjacent to an activating group) is 1. The molecule has 0 saturated carbocycles. The van der Waals surface area contributed by atoms with Gasteiger partial charge in [-0.2, -0.15) is 0 Å². The maximum absolute atomic E-state index is 12.2. The van der Waals surface area contributed by atoms with Crippen LogP contribution >= 0.6 is 0 Å². The molecule has 0 aliphatic carbocycles. The molecule has 0 heterocycles. The number of nitrogens with one attached hydrogen (secondary N) is 1. The van der Waals surface area contributed by atoms with Crippen molar-refractivity contribution < 1.29 is 9.53 Å². The highest BCUT2D eigenvalue weighted by Crippen LogP contribution is 2.20. The van der Waals surface area contributed by atoms with Crippen molar-refractivity contribution in [2.45, 2.75) is 32.2 Å². The Kier molecular flexibility index (Phi) is 6.65. The van der Waals surface area contributed by atoms with Crippen molar-refractivity contribution in [2.24, 2.45) is 5.73 Å². The van der Waals surface area contributed by atoms with Gasteiger partial charge in [0.2, 0.25) is 5.91 Å². The zero-order valence-corrected chi connectivity index (χ0v) is 13.5. The van der Waals surface area contributed by atoms with E-state index in [0.717, 1.165) is 12.3 Å². The van der Waals surface area contributed by atoms with Crippen molar-refractivity contribution in [1.29, 1.82) is 0 Å². The second-order valence-corrected chi connectivity index (χ2v) is 5.50. The van der Waals surface area contributed by atoms with E-state index in [1.165, 1.54) is 0 Å². The zero-order chi connectivity index (χ0) is 15.9. The van der Waals surface area contributed by atoms with Gasteiger partial charge in [0.05, 0.1) is 5.54 Å². The van der Waals surface area contributed by atoms with Crippen LogP contribution in [0.25, 0.3) is 0 Å². The van der Waals surface area contributed by atoms with Crippen LogP contribution in [0.15, 0.2) is 24.3 Å². The third kappa shape index (κ3) is 5.36. The Bertz CT molecular complexity index is 457. The molecule has 21 heavy (non-hydrogen) atoms. The molecule has 5 nitrogen and oxygen atoms in total. The molecule has 0 aromatic heterocycles. The van der Waals surface area contributed by atoms with Crippen LogP contribution in [0.3, 0.4) is 0 Å². The lowest BCUT2D eigenvalue weighted by Crippen LogP contribution is -2.50. The molecular formula is C16H27N3O2. The number of hydrogen-bond donors (Lipinski definition) is 2. The Balaban J connectivity index is 2.66. The summed E-state index contributed by atoms with van der Waals surface area (Å²) in [4.78, 5) is 14.3. The number of nitrogens with two attached hydrogens (primary N) is 1. The fraction of sp³-hybridized carbons (Fsp3) is 0.562. The van der Waals surface area contributed by atoms with E-state index in [4.69, 9.17) is 10.5 Å². The molecule has 0 fully saturated rings. The number of carbonyl (C=O) groups is 1. The fourth-order valence-corrected chi connectivity index (χ4v) is 1.84. The SMILES string of the molecule is CCC(N)(CC)C(=O)Nc1cccc(OCCN(C)C)c1. The molecule has 3 N–H and O–H groups in total. The van der Waals surface area contributed by atoms with Crippen LogP contribution in [-0.2, 0) is 4.79 Å². The summed E-state index contributed by atoms with van der Waals surface area (Å²) in [7, 11) is 3.99. The molecule has 0 atom stereocenters. The third-order valence-corrected chi connectivity index (χ3v) is 3.61. The van der Waals surface area contributed by atoms with Crippen LogP contribution in [0, 0.1) is 0 Å². The van der Waals surface area contributed by atoms with E-state index in [2.05, 4.69) is 10.2 Å². The average molecular weight is 293 g/mol. The molecule has 1 rings (SSSR count). The number of benzene rings is 1. The van der Waals surface area contributed by atoms with E-state index < -0.39 is 5.54 Å². The van der Waals surface area contributed by atoms with Gasteiger partial charge in [0.25, 0.3) is 0 Å². The first-order valence-electron chi connectivity index (χ1n) is 7.39. The summed E-state index contributed by atoms with van der Waals surface area (Å²) in [6, 6.07) is 7.39. The lowest BCUT2D eigenvalue weighted by atomic mass is 9.93. The van der Waals surface area contributed by atoms with E-state index in [-0.39, 0.29) is 5.91 Å². The molecule has 1 aromatic carbocycles. The standard InChI is InChI=1S/C16H27N3O2/c1-5-16(17,6-2)15(20)18-13-8-7-9-14(12-13)21-11-10-19(3)4/h7-9,12H,5-6,10-11,17H2,1-4H3,(H,18,20). The molecule has 0 saturated heterocycles. The maximum atomic E-state index is 12.2. The van der Waals surface area contributed by atoms with Crippen molar-refractivity contribution >= 4 is 11.6 Å². The highest BCUT2D eigenvalue weighted by molar-refractivity contribution is 5.98. The molecule has 5 heteroatoms. The molecule has 1 amide bonds. The minimum absolute atomic E-state index is 0.155. The molecule has 0 radical (unpaired) electrons. The molecule has 0 spiro atoms. The highest BCUT2D eigenvalue weighted by Gasteiger charge is 2.29. The first kappa shape index (κ1) is 17.5. The van der Waals surface area contributed by atoms with Gasteiger partial charge < -0.3 is 20.7 Å². The van der Waals surface area contributed by atoms with E-state index in [1.54, 1.807) is 0 Å². The van der Waals surface area contributed by atoms with Crippen LogP contribution in [0.2, 0.25) is 0 Å². The molecular weight excluding hydrogens is 266 g/mol.